The fourth-order valence-corrected chi connectivity index (χ4v) is 2.17. The zero-order valence-corrected chi connectivity index (χ0v) is 12.5. The second-order valence-electron chi connectivity index (χ2n) is 4.63. The molecule has 5 heteroatoms. The second-order valence-corrected chi connectivity index (χ2v) is 5.07. The first kappa shape index (κ1) is 15.4. The number of hydrogen-bond acceptors (Lipinski definition) is 3. The Kier molecular flexibility index (Phi) is 5.20. The summed E-state index contributed by atoms with van der Waals surface area (Å²) in [6, 6.07) is 12.4. The molecule has 2 aromatic rings. The zero-order chi connectivity index (χ0) is 15.2. The molecule has 0 aliphatic heterocycles. The van der Waals surface area contributed by atoms with E-state index in [1.165, 1.54) is 0 Å². The molecular weight excluding hydrogens is 288 g/mol. The molecular formula is C16H17ClN2O2. The van der Waals surface area contributed by atoms with Crippen LogP contribution in [0.4, 0.5) is 5.69 Å². The maximum atomic E-state index is 12.2. The third-order valence-electron chi connectivity index (χ3n) is 2.80. The maximum absolute atomic E-state index is 12.2. The van der Waals surface area contributed by atoms with Crippen LogP contribution in [0.25, 0.3) is 0 Å². The lowest BCUT2D eigenvalue weighted by Crippen LogP contribution is -2.12. The Balaban J connectivity index is 2.05. The average molecular weight is 305 g/mol. The molecule has 0 radical (unpaired) electrons. The molecule has 110 valence electrons. The zero-order valence-electron chi connectivity index (χ0n) is 11.7. The van der Waals surface area contributed by atoms with Crippen LogP contribution < -0.4 is 15.8 Å². The van der Waals surface area contributed by atoms with E-state index in [0.29, 0.717) is 29.4 Å². The number of aryl methyl sites for hydroxylation is 1. The van der Waals surface area contributed by atoms with E-state index in [0.717, 1.165) is 11.3 Å². The van der Waals surface area contributed by atoms with Crippen molar-refractivity contribution >= 4 is 23.2 Å². The molecule has 0 saturated carbocycles. The molecule has 1 amide bonds. The monoisotopic (exact) mass is 304 g/mol. The number of nitrogens with two attached hydrogens (primary N) is 1. The Morgan fingerprint density at radius 1 is 1.24 bits per heavy atom. The van der Waals surface area contributed by atoms with Gasteiger partial charge in [0.15, 0.2) is 0 Å². The summed E-state index contributed by atoms with van der Waals surface area (Å²) in [5.41, 5.74) is 7.53. The summed E-state index contributed by atoms with van der Waals surface area (Å²) in [6.07, 6.45) is 0. The highest BCUT2D eigenvalue weighted by molar-refractivity contribution is 6.31. The van der Waals surface area contributed by atoms with Gasteiger partial charge in [-0.25, -0.2) is 0 Å². The van der Waals surface area contributed by atoms with Crippen molar-refractivity contribution in [3.63, 3.8) is 0 Å². The van der Waals surface area contributed by atoms with Gasteiger partial charge < -0.3 is 15.8 Å². The molecule has 0 fully saturated rings. The molecule has 0 saturated heterocycles. The third-order valence-corrected chi connectivity index (χ3v) is 3.02. The van der Waals surface area contributed by atoms with Crippen molar-refractivity contribution in [1.82, 2.24) is 0 Å². The van der Waals surface area contributed by atoms with Crippen LogP contribution in [0.3, 0.4) is 0 Å². The van der Waals surface area contributed by atoms with Crippen LogP contribution in [0.15, 0.2) is 42.5 Å². The minimum Gasteiger partial charge on any atom is -0.492 e. The average Bonchev–Trinajstić information content (AvgIpc) is 2.45. The van der Waals surface area contributed by atoms with Crippen LogP contribution in [0, 0.1) is 6.92 Å². The number of rotatable bonds is 5. The molecule has 4 nitrogen and oxygen atoms in total. The van der Waals surface area contributed by atoms with Crippen LogP contribution in [0.1, 0.15) is 15.9 Å². The van der Waals surface area contributed by atoms with Gasteiger partial charge in [0.1, 0.15) is 12.4 Å². The number of ether oxygens (including phenoxy) is 1. The number of amides is 1. The van der Waals surface area contributed by atoms with Crippen LogP contribution in [0.5, 0.6) is 5.75 Å². The standard InChI is InChI=1S/C16H17ClN2O2/c1-11-8-12(10-13(17)9-11)16(20)19-14-2-4-15(5-3-14)21-7-6-18/h2-5,8-10H,6-7,18H2,1H3,(H,19,20). The number of nitrogens with one attached hydrogen (secondary N) is 1. The molecule has 0 atom stereocenters. The Morgan fingerprint density at radius 2 is 1.95 bits per heavy atom. The number of carbonyl (C=O) groups is 1. The predicted octanol–water partition coefficient (Wildman–Crippen LogP) is 3.24. The highest BCUT2D eigenvalue weighted by Crippen LogP contribution is 2.18. The molecule has 0 unspecified atom stereocenters. The molecule has 0 bridgehead atoms. The van der Waals surface area contributed by atoms with Gasteiger partial charge in [-0.05, 0) is 55.0 Å². The Labute approximate surface area is 128 Å². The Hall–Kier alpha value is -2.04. The van der Waals surface area contributed by atoms with Gasteiger partial charge >= 0.3 is 0 Å². The fraction of sp³-hybridized carbons (Fsp3) is 0.188. The van der Waals surface area contributed by atoms with Crippen LogP contribution in [-0.2, 0) is 0 Å². The van der Waals surface area contributed by atoms with Crippen molar-refractivity contribution < 1.29 is 9.53 Å². The summed E-state index contributed by atoms with van der Waals surface area (Å²) >= 11 is 5.96. The van der Waals surface area contributed by atoms with Gasteiger partial charge in [-0.2, -0.15) is 0 Å². The first-order chi connectivity index (χ1) is 10.1. The van der Waals surface area contributed by atoms with Crippen LogP contribution >= 0.6 is 11.6 Å². The van der Waals surface area contributed by atoms with Crippen molar-refractivity contribution in [2.24, 2.45) is 5.73 Å². The van der Waals surface area contributed by atoms with E-state index in [-0.39, 0.29) is 5.91 Å². The molecule has 0 heterocycles. The van der Waals surface area contributed by atoms with Crippen LogP contribution in [0.2, 0.25) is 5.02 Å². The van der Waals surface area contributed by atoms with Crippen LogP contribution in [-0.4, -0.2) is 19.1 Å². The lowest BCUT2D eigenvalue weighted by atomic mass is 10.1. The summed E-state index contributed by atoms with van der Waals surface area (Å²) in [5, 5.41) is 3.37. The van der Waals surface area contributed by atoms with E-state index >= 15 is 0 Å². The van der Waals surface area contributed by atoms with Gasteiger partial charge in [-0.15, -0.1) is 0 Å². The molecule has 21 heavy (non-hydrogen) atoms. The van der Waals surface area contributed by atoms with Crippen molar-refractivity contribution in [2.45, 2.75) is 6.92 Å². The Morgan fingerprint density at radius 3 is 2.57 bits per heavy atom. The van der Waals surface area contributed by atoms with Crippen molar-refractivity contribution in [1.29, 1.82) is 0 Å². The highest BCUT2D eigenvalue weighted by Gasteiger charge is 2.08. The largest absolute Gasteiger partial charge is 0.492 e. The minimum atomic E-state index is -0.198. The number of carbonyl (C=O) groups excluding carboxylic acids is 1. The first-order valence-electron chi connectivity index (χ1n) is 6.60. The summed E-state index contributed by atoms with van der Waals surface area (Å²) in [7, 11) is 0. The maximum Gasteiger partial charge on any atom is 0.255 e. The number of halogens is 1. The first-order valence-corrected chi connectivity index (χ1v) is 6.98. The van der Waals surface area contributed by atoms with Gasteiger partial charge in [-0.3, -0.25) is 4.79 Å². The SMILES string of the molecule is Cc1cc(Cl)cc(C(=O)Nc2ccc(OCCN)cc2)c1. The van der Waals surface area contributed by atoms with Crippen molar-refractivity contribution in [3.05, 3.63) is 58.6 Å². The van der Waals surface area contributed by atoms with Crippen molar-refractivity contribution in [2.75, 3.05) is 18.5 Å². The minimum absolute atomic E-state index is 0.198. The van der Waals surface area contributed by atoms with Gasteiger partial charge in [0, 0.05) is 22.8 Å². The fourth-order valence-electron chi connectivity index (χ4n) is 1.88. The predicted molar refractivity (Wildman–Crippen MR) is 85.1 cm³/mol. The number of anilines is 1. The summed E-state index contributed by atoms with van der Waals surface area (Å²) in [5.74, 6) is 0.522. The second kappa shape index (κ2) is 7.11. The summed E-state index contributed by atoms with van der Waals surface area (Å²) in [6.45, 7) is 2.83. The molecule has 2 aromatic carbocycles. The molecule has 0 aliphatic carbocycles. The van der Waals surface area contributed by atoms with Gasteiger partial charge in [0.05, 0.1) is 0 Å². The lowest BCUT2D eigenvalue weighted by Gasteiger charge is -2.08. The highest BCUT2D eigenvalue weighted by atomic mass is 35.5. The van der Waals surface area contributed by atoms with Crippen molar-refractivity contribution in [3.8, 4) is 5.75 Å². The molecule has 0 aromatic heterocycles. The normalized spacial score (nSPS) is 10.2. The Bertz CT molecular complexity index is 606. The molecule has 2 rings (SSSR count). The van der Waals surface area contributed by atoms with E-state index in [4.69, 9.17) is 22.1 Å². The van der Waals surface area contributed by atoms with Gasteiger partial charge in [0.25, 0.3) is 5.91 Å². The molecule has 0 aliphatic rings. The lowest BCUT2D eigenvalue weighted by molar-refractivity contribution is 0.102. The van der Waals surface area contributed by atoms with Gasteiger partial charge in [0.2, 0.25) is 0 Å². The number of hydrogen-bond donors (Lipinski definition) is 2. The van der Waals surface area contributed by atoms with E-state index in [1.807, 2.05) is 13.0 Å². The number of benzene rings is 2. The molecule has 0 spiro atoms. The third kappa shape index (κ3) is 4.48. The smallest absolute Gasteiger partial charge is 0.255 e. The summed E-state index contributed by atoms with van der Waals surface area (Å²) in [4.78, 5) is 12.2. The topological polar surface area (TPSA) is 64.3 Å². The van der Waals surface area contributed by atoms with E-state index < -0.39 is 0 Å². The van der Waals surface area contributed by atoms with E-state index in [9.17, 15) is 4.79 Å². The quantitative estimate of drug-likeness (QED) is 0.891. The molecule has 3 N–H and O–H groups in total. The van der Waals surface area contributed by atoms with E-state index in [2.05, 4.69) is 5.32 Å². The van der Waals surface area contributed by atoms with E-state index in [1.54, 1.807) is 36.4 Å². The summed E-state index contributed by atoms with van der Waals surface area (Å²) < 4.78 is 5.38. The van der Waals surface area contributed by atoms with Gasteiger partial charge in [-0.1, -0.05) is 11.6 Å².